The summed E-state index contributed by atoms with van der Waals surface area (Å²) in [5.74, 6) is 0. The van der Waals surface area contributed by atoms with Gasteiger partial charge in [0.15, 0.2) is 0 Å². The highest BCUT2D eigenvalue weighted by molar-refractivity contribution is 6.29. The lowest BCUT2D eigenvalue weighted by Crippen LogP contribution is -1.97. The molecule has 0 aromatic carbocycles. The van der Waals surface area contributed by atoms with Crippen LogP contribution in [0.3, 0.4) is 0 Å². The summed E-state index contributed by atoms with van der Waals surface area (Å²) in [5, 5.41) is 4.90. The molecule has 0 amide bonds. The second-order valence-corrected chi connectivity index (χ2v) is 4.20. The Morgan fingerprint density at radius 1 is 1.50 bits per heavy atom. The predicted molar refractivity (Wildman–Crippen MR) is 55.5 cm³/mol. The van der Waals surface area contributed by atoms with E-state index in [-0.39, 0.29) is 0 Å². The van der Waals surface area contributed by atoms with E-state index in [4.69, 9.17) is 11.6 Å². The molecule has 0 spiro atoms. The fourth-order valence-corrected chi connectivity index (χ4v) is 2.06. The van der Waals surface area contributed by atoms with E-state index >= 15 is 0 Å². The maximum absolute atomic E-state index is 5.88. The Bertz CT molecular complexity index is 499. The van der Waals surface area contributed by atoms with Crippen molar-refractivity contribution in [2.24, 2.45) is 0 Å². The summed E-state index contributed by atoms with van der Waals surface area (Å²) in [6.45, 7) is 2.05. The minimum Gasteiger partial charge on any atom is -0.260 e. The summed E-state index contributed by atoms with van der Waals surface area (Å²) in [6, 6.07) is 2.49. The van der Waals surface area contributed by atoms with Crippen LogP contribution >= 0.6 is 11.6 Å². The quantitative estimate of drug-likeness (QED) is 0.674. The molecule has 2 aromatic rings. The number of aromatic nitrogens is 3. The summed E-state index contributed by atoms with van der Waals surface area (Å²) in [6.07, 6.45) is 4.27. The zero-order chi connectivity index (χ0) is 9.71. The molecule has 1 saturated carbocycles. The molecule has 0 atom stereocenters. The Morgan fingerprint density at radius 2 is 2.29 bits per heavy atom. The van der Waals surface area contributed by atoms with E-state index in [0.717, 1.165) is 16.6 Å². The summed E-state index contributed by atoms with van der Waals surface area (Å²) in [5.41, 5.74) is 3.20. The lowest BCUT2D eigenvalue weighted by atomic mass is 10.2. The van der Waals surface area contributed by atoms with Gasteiger partial charge in [-0.25, -0.2) is 4.98 Å². The molecule has 1 fully saturated rings. The van der Waals surface area contributed by atoms with Gasteiger partial charge in [-0.1, -0.05) is 11.6 Å². The van der Waals surface area contributed by atoms with E-state index in [1.54, 1.807) is 6.20 Å². The molecule has 72 valence electrons. The van der Waals surface area contributed by atoms with Gasteiger partial charge in [-0.3, -0.25) is 4.68 Å². The summed E-state index contributed by atoms with van der Waals surface area (Å²) < 4.78 is 2.08. The first-order valence-electron chi connectivity index (χ1n) is 4.76. The minimum atomic E-state index is 0.547. The number of rotatable bonds is 1. The molecule has 1 aliphatic rings. The molecule has 0 bridgehead atoms. The van der Waals surface area contributed by atoms with Crippen molar-refractivity contribution in [2.75, 3.05) is 0 Å². The SMILES string of the molecule is Cc1cc(Cl)nc2cnn(C3CC3)c12. The fourth-order valence-electron chi connectivity index (χ4n) is 1.81. The average molecular weight is 208 g/mol. The Labute approximate surface area is 86.7 Å². The third kappa shape index (κ3) is 1.12. The molecular formula is C10H10ClN3. The predicted octanol–water partition coefficient (Wildman–Crippen LogP) is 2.73. The second kappa shape index (κ2) is 2.70. The molecule has 0 aliphatic heterocycles. The van der Waals surface area contributed by atoms with Gasteiger partial charge in [-0.05, 0) is 31.4 Å². The zero-order valence-corrected chi connectivity index (χ0v) is 8.62. The van der Waals surface area contributed by atoms with Gasteiger partial charge < -0.3 is 0 Å². The lowest BCUT2D eigenvalue weighted by Gasteiger charge is -2.02. The number of hydrogen-bond donors (Lipinski definition) is 0. The second-order valence-electron chi connectivity index (χ2n) is 3.82. The molecular weight excluding hydrogens is 198 g/mol. The van der Waals surface area contributed by atoms with E-state index < -0.39 is 0 Å². The first kappa shape index (κ1) is 8.24. The molecule has 1 aliphatic carbocycles. The van der Waals surface area contributed by atoms with Gasteiger partial charge in [0.2, 0.25) is 0 Å². The Morgan fingerprint density at radius 3 is 3.00 bits per heavy atom. The molecule has 2 aromatic heterocycles. The topological polar surface area (TPSA) is 30.7 Å². The monoisotopic (exact) mass is 207 g/mol. The van der Waals surface area contributed by atoms with Gasteiger partial charge in [-0.15, -0.1) is 0 Å². The van der Waals surface area contributed by atoms with Crippen LogP contribution in [0.5, 0.6) is 0 Å². The van der Waals surface area contributed by atoms with E-state index in [1.165, 1.54) is 12.8 Å². The van der Waals surface area contributed by atoms with Gasteiger partial charge >= 0.3 is 0 Å². The van der Waals surface area contributed by atoms with Crippen molar-refractivity contribution in [3.05, 3.63) is 23.0 Å². The summed E-state index contributed by atoms with van der Waals surface area (Å²) in [7, 11) is 0. The smallest absolute Gasteiger partial charge is 0.130 e. The number of hydrogen-bond acceptors (Lipinski definition) is 2. The van der Waals surface area contributed by atoms with Crippen LogP contribution in [0.25, 0.3) is 11.0 Å². The largest absolute Gasteiger partial charge is 0.260 e. The van der Waals surface area contributed by atoms with Crippen molar-refractivity contribution in [3.8, 4) is 0 Å². The maximum Gasteiger partial charge on any atom is 0.130 e. The van der Waals surface area contributed by atoms with E-state index in [9.17, 15) is 0 Å². The molecule has 4 heteroatoms. The van der Waals surface area contributed by atoms with Crippen molar-refractivity contribution in [3.63, 3.8) is 0 Å². The van der Waals surface area contributed by atoms with Crippen LogP contribution in [0.15, 0.2) is 12.3 Å². The molecule has 3 nitrogen and oxygen atoms in total. The average Bonchev–Trinajstić information content (AvgIpc) is 2.87. The van der Waals surface area contributed by atoms with Crippen LogP contribution in [-0.2, 0) is 0 Å². The number of nitrogens with zero attached hydrogens (tertiary/aromatic N) is 3. The molecule has 2 heterocycles. The molecule has 0 unspecified atom stereocenters. The summed E-state index contributed by atoms with van der Waals surface area (Å²) >= 11 is 5.88. The maximum atomic E-state index is 5.88. The molecule has 14 heavy (non-hydrogen) atoms. The fraction of sp³-hybridized carbons (Fsp3) is 0.400. The number of pyridine rings is 1. The van der Waals surface area contributed by atoms with Crippen molar-refractivity contribution < 1.29 is 0 Å². The molecule has 0 radical (unpaired) electrons. The lowest BCUT2D eigenvalue weighted by molar-refractivity contribution is 0.664. The highest BCUT2D eigenvalue weighted by Gasteiger charge is 2.26. The summed E-state index contributed by atoms with van der Waals surface area (Å²) in [4.78, 5) is 4.25. The van der Waals surface area contributed by atoms with Crippen LogP contribution < -0.4 is 0 Å². The van der Waals surface area contributed by atoms with Crippen molar-refractivity contribution >= 4 is 22.6 Å². The van der Waals surface area contributed by atoms with E-state index in [1.807, 2.05) is 6.07 Å². The minimum absolute atomic E-state index is 0.547. The Hall–Kier alpha value is -1.09. The van der Waals surface area contributed by atoms with Gasteiger partial charge in [0.05, 0.1) is 17.8 Å². The first-order valence-corrected chi connectivity index (χ1v) is 5.14. The number of halogens is 1. The molecule has 0 N–H and O–H groups in total. The molecule has 0 saturated heterocycles. The van der Waals surface area contributed by atoms with Gasteiger partial charge in [-0.2, -0.15) is 5.10 Å². The van der Waals surface area contributed by atoms with Crippen LogP contribution in [0.4, 0.5) is 0 Å². The highest BCUT2D eigenvalue weighted by Crippen LogP contribution is 2.37. The van der Waals surface area contributed by atoms with Gasteiger partial charge in [0, 0.05) is 0 Å². The van der Waals surface area contributed by atoms with Crippen molar-refractivity contribution in [1.29, 1.82) is 0 Å². The van der Waals surface area contributed by atoms with E-state index in [0.29, 0.717) is 11.2 Å². The van der Waals surface area contributed by atoms with Crippen LogP contribution in [0, 0.1) is 6.92 Å². The Kier molecular flexibility index (Phi) is 1.59. The standard InChI is InChI=1S/C10H10ClN3/c1-6-4-9(11)13-8-5-12-14(10(6)8)7-2-3-7/h4-5,7H,2-3H2,1H3. The van der Waals surface area contributed by atoms with Crippen molar-refractivity contribution in [2.45, 2.75) is 25.8 Å². The van der Waals surface area contributed by atoms with Gasteiger partial charge in [0.1, 0.15) is 10.7 Å². The van der Waals surface area contributed by atoms with Crippen LogP contribution in [0.2, 0.25) is 5.15 Å². The van der Waals surface area contributed by atoms with E-state index in [2.05, 4.69) is 21.7 Å². The Balaban J connectivity index is 2.33. The third-order valence-electron chi connectivity index (χ3n) is 2.61. The van der Waals surface area contributed by atoms with Crippen LogP contribution in [-0.4, -0.2) is 14.8 Å². The highest BCUT2D eigenvalue weighted by atomic mass is 35.5. The number of fused-ring (bicyclic) bond motifs is 1. The van der Waals surface area contributed by atoms with Gasteiger partial charge in [0.25, 0.3) is 0 Å². The first-order chi connectivity index (χ1) is 6.75. The molecule has 3 rings (SSSR count). The number of aryl methyl sites for hydroxylation is 1. The van der Waals surface area contributed by atoms with Crippen LogP contribution in [0.1, 0.15) is 24.4 Å². The normalized spacial score (nSPS) is 16.4. The zero-order valence-electron chi connectivity index (χ0n) is 7.87. The van der Waals surface area contributed by atoms with Crippen molar-refractivity contribution in [1.82, 2.24) is 14.8 Å². The third-order valence-corrected chi connectivity index (χ3v) is 2.80.